The molecule has 0 N–H and O–H groups in total. The Morgan fingerprint density at radius 1 is 0.711 bits per heavy atom. The molecule has 4 heteroatoms. The van der Waals surface area contributed by atoms with Crippen molar-refractivity contribution in [3.05, 3.63) is 156 Å². The van der Waals surface area contributed by atoms with Crippen LogP contribution >= 0.6 is 0 Å². The van der Waals surface area contributed by atoms with Gasteiger partial charge in [0.05, 0.1) is 11.8 Å². The van der Waals surface area contributed by atoms with Crippen molar-refractivity contribution in [2.24, 2.45) is 0 Å². The first-order valence-corrected chi connectivity index (χ1v) is 15.8. The van der Waals surface area contributed by atoms with Crippen molar-refractivity contribution in [1.29, 1.82) is 0 Å². The summed E-state index contributed by atoms with van der Waals surface area (Å²) >= 11 is 0. The Morgan fingerprint density at radius 3 is 2.02 bits per heavy atom. The van der Waals surface area contributed by atoms with Gasteiger partial charge in [-0.2, -0.15) is 4.57 Å². The standard InChI is InChI=1S/C41H37N2O2/c1-3-30(26-40-42(4-2)36-28-34(20-22-38(36)44-40)32-16-10-6-11-17-32)27-41-43(25-24-31-14-8-5-9-15-31)37-29-35(21-23-39(37)45-41)33-18-12-7-13-19-33/h5-23,26-29H,3-4,24-25H2,1-2H3/q+1. The van der Waals surface area contributed by atoms with Crippen LogP contribution < -0.4 is 14.2 Å². The summed E-state index contributed by atoms with van der Waals surface area (Å²) in [6, 6.07) is 44.6. The number of anilines is 1. The van der Waals surface area contributed by atoms with Gasteiger partial charge < -0.3 is 14.1 Å². The van der Waals surface area contributed by atoms with E-state index in [-0.39, 0.29) is 0 Å². The maximum Gasteiger partial charge on any atom is 0.374 e. The minimum atomic E-state index is 0.804. The third-order valence-corrected chi connectivity index (χ3v) is 8.48. The molecule has 0 saturated heterocycles. The van der Waals surface area contributed by atoms with Crippen molar-refractivity contribution < 1.29 is 13.7 Å². The Labute approximate surface area is 265 Å². The number of oxazole rings is 1. The van der Waals surface area contributed by atoms with Crippen molar-refractivity contribution in [2.75, 3.05) is 11.4 Å². The van der Waals surface area contributed by atoms with E-state index in [2.05, 4.69) is 157 Å². The summed E-state index contributed by atoms with van der Waals surface area (Å²) in [7, 11) is 0. The van der Waals surface area contributed by atoms with Gasteiger partial charge in [0.25, 0.3) is 5.52 Å². The molecule has 0 fully saturated rings. The van der Waals surface area contributed by atoms with Gasteiger partial charge in [-0.25, -0.2) is 0 Å². The lowest BCUT2D eigenvalue weighted by Crippen LogP contribution is -2.36. The summed E-state index contributed by atoms with van der Waals surface area (Å²) in [5.74, 6) is 2.56. The van der Waals surface area contributed by atoms with Gasteiger partial charge >= 0.3 is 5.89 Å². The summed E-state index contributed by atoms with van der Waals surface area (Å²) in [5.41, 5.74) is 10.3. The topological polar surface area (TPSA) is 29.5 Å². The highest BCUT2D eigenvalue weighted by Crippen LogP contribution is 2.42. The number of aromatic nitrogens is 1. The van der Waals surface area contributed by atoms with E-state index in [4.69, 9.17) is 9.15 Å². The monoisotopic (exact) mass is 589 g/mol. The van der Waals surface area contributed by atoms with Crippen molar-refractivity contribution >= 4 is 22.9 Å². The molecule has 0 bridgehead atoms. The molecule has 0 radical (unpaired) electrons. The predicted octanol–water partition coefficient (Wildman–Crippen LogP) is 9.85. The van der Waals surface area contributed by atoms with Gasteiger partial charge in [-0.05, 0) is 64.9 Å². The predicted molar refractivity (Wildman–Crippen MR) is 184 cm³/mol. The highest BCUT2D eigenvalue weighted by molar-refractivity contribution is 5.79. The molecule has 1 aliphatic heterocycles. The summed E-state index contributed by atoms with van der Waals surface area (Å²) in [5, 5.41) is 0. The van der Waals surface area contributed by atoms with Gasteiger partial charge in [0.1, 0.15) is 0 Å². The average Bonchev–Trinajstić information content (AvgIpc) is 3.63. The smallest absolute Gasteiger partial charge is 0.374 e. The van der Waals surface area contributed by atoms with Crippen LogP contribution in [0.15, 0.2) is 149 Å². The molecule has 0 aliphatic carbocycles. The molecule has 1 aliphatic rings. The molecule has 2 heterocycles. The Kier molecular flexibility index (Phi) is 8.03. The summed E-state index contributed by atoms with van der Waals surface area (Å²) < 4.78 is 15.3. The van der Waals surface area contributed by atoms with Gasteiger partial charge in [0.15, 0.2) is 12.3 Å². The van der Waals surface area contributed by atoms with E-state index in [1.54, 1.807) is 0 Å². The molecular formula is C41H37N2O2+. The van der Waals surface area contributed by atoms with Crippen LogP contribution in [0.4, 0.5) is 5.69 Å². The number of ether oxygens (including phenoxy) is 1. The fourth-order valence-electron chi connectivity index (χ4n) is 6.04. The van der Waals surface area contributed by atoms with E-state index in [0.717, 1.165) is 65.8 Å². The van der Waals surface area contributed by atoms with Gasteiger partial charge in [0, 0.05) is 25.1 Å². The minimum absolute atomic E-state index is 0.804. The molecule has 0 saturated carbocycles. The summed E-state index contributed by atoms with van der Waals surface area (Å²) in [6.45, 7) is 5.95. The maximum atomic E-state index is 6.56. The molecule has 0 unspecified atom stereocenters. The van der Waals surface area contributed by atoms with E-state index in [1.807, 2.05) is 6.07 Å². The Bertz CT molecular complexity index is 1990. The van der Waals surface area contributed by atoms with Gasteiger partial charge in [-0.1, -0.05) is 110 Å². The highest BCUT2D eigenvalue weighted by Gasteiger charge is 2.27. The van der Waals surface area contributed by atoms with Crippen LogP contribution in [0.2, 0.25) is 0 Å². The second-order valence-corrected chi connectivity index (χ2v) is 11.3. The number of fused-ring (bicyclic) bond motifs is 2. The average molecular weight is 590 g/mol. The number of rotatable bonds is 9. The number of hydrogen-bond donors (Lipinski definition) is 0. The normalized spacial score (nSPS) is 13.8. The lowest BCUT2D eigenvalue weighted by molar-refractivity contribution is -0.677. The summed E-state index contributed by atoms with van der Waals surface area (Å²) in [4.78, 5) is 2.25. The summed E-state index contributed by atoms with van der Waals surface area (Å²) in [6.07, 6.45) is 6.08. The fraction of sp³-hybridized carbons (Fsp3) is 0.146. The molecule has 45 heavy (non-hydrogen) atoms. The second-order valence-electron chi connectivity index (χ2n) is 11.3. The molecule has 5 aromatic carbocycles. The van der Waals surface area contributed by atoms with Crippen molar-refractivity contribution in [3.8, 4) is 28.0 Å². The zero-order valence-corrected chi connectivity index (χ0v) is 25.8. The largest absolute Gasteiger partial charge is 0.439 e. The lowest BCUT2D eigenvalue weighted by atomic mass is 10.0. The van der Waals surface area contributed by atoms with Gasteiger partial charge in [0.2, 0.25) is 11.5 Å². The minimum Gasteiger partial charge on any atom is -0.439 e. The molecule has 0 amide bonds. The Hall–Kier alpha value is -5.35. The molecule has 0 spiro atoms. The van der Waals surface area contributed by atoms with Crippen LogP contribution in [0.1, 0.15) is 31.7 Å². The number of benzene rings is 5. The lowest BCUT2D eigenvalue weighted by Gasteiger charge is -2.16. The third-order valence-electron chi connectivity index (χ3n) is 8.48. The number of aryl methyl sites for hydroxylation is 2. The van der Waals surface area contributed by atoms with E-state index < -0.39 is 0 Å². The van der Waals surface area contributed by atoms with Crippen molar-refractivity contribution in [2.45, 2.75) is 33.2 Å². The molecule has 222 valence electrons. The zero-order valence-electron chi connectivity index (χ0n) is 25.8. The number of nitrogens with zero attached hydrogens (tertiary/aromatic N) is 2. The van der Waals surface area contributed by atoms with Crippen LogP contribution in [-0.4, -0.2) is 6.54 Å². The third kappa shape index (κ3) is 5.92. The SMILES string of the molecule is CCC(=C/c1oc2ccc(-c3ccccc3)cc2[n+]1CCc1ccccc1)/C=C1\Oc2ccc(-c3ccccc3)cc2N1CC. The van der Waals surface area contributed by atoms with Crippen LogP contribution in [-0.2, 0) is 13.0 Å². The molecule has 7 rings (SSSR count). The van der Waals surface area contributed by atoms with Crippen LogP contribution in [0.25, 0.3) is 39.4 Å². The Morgan fingerprint density at radius 2 is 1.36 bits per heavy atom. The number of allylic oxidation sites excluding steroid dienone is 2. The van der Waals surface area contributed by atoms with Crippen LogP contribution in [0, 0.1) is 0 Å². The molecule has 6 aromatic rings. The van der Waals surface area contributed by atoms with E-state index in [9.17, 15) is 0 Å². The molecule has 0 atom stereocenters. The Balaban J connectivity index is 1.26. The second kappa shape index (κ2) is 12.7. The zero-order chi connectivity index (χ0) is 30.6. The van der Waals surface area contributed by atoms with E-state index >= 15 is 0 Å². The number of hydrogen-bond acceptors (Lipinski definition) is 3. The van der Waals surface area contributed by atoms with Gasteiger partial charge in [-0.3, -0.25) is 0 Å². The highest BCUT2D eigenvalue weighted by atomic mass is 16.5. The molecule has 1 aromatic heterocycles. The van der Waals surface area contributed by atoms with Crippen molar-refractivity contribution in [1.82, 2.24) is 0 Å². The van der Waals surface area contributed by atoms with E-state index in [0.29, 0.717) is 0 Å². The van der Waals surface area contributed by atoms with Crippen LogP contribution in [0.3, 0.4) is 0 Å². The molecular weight excluding hydrogens is 552 g/mol. The first-order chi connectivity index (χ1) is 22.2. The first kappa shape index (κ1) is 28.4. The first-order valence-electron chi connectivity index (χ1n) is 15.8. The quantitative estimate of drug-likeness (QED) is 0.157. The maximum absolute atomic E-state index is 6.56. The molecule has 4 nitrogen and oxygen atoms in total. The fourth-order valence-corrected chi connectivity index (χ4v) is 6.04. The van der Waals surface area contributed by atoms with E-state index in [1.165, 1.54) is 27.8 Å². The van der Waals surface area contributed by atoms with Crippen molar-refractivity contribution in [3.63, 3.8) is 0 Å². The van der Waals surface area contributed by atoms with Gasteiger partial charge in [-0.15, -0.1) is 0 Å². The van der Waals surface area contributed by atoms with Crippen LogP contribution in [0.5, 0.6) is 5.75 Å².